The molecule has 1 aromatic carbocycles. The Bertz CT molecular complexity index is 724. The number of benzene rings is 1. The third-order valence-electron chi connectivity index (χ3n) is 3.77. The van der Waals surface area contributed by atoms with Gasteiger partial charge in [-0.15, -0.1) is 0 Å². The fourth-order valence-corrected chi connectivity index (χ4v) is 2.71. The minimum atomic E-state index is -0.255. The molecule has 2 aromatic rings. The van der Waals surface area contributed by atoms with Gasteiger partial charge in [0.15, 0.2) is 5.96 Å². The van der Waals surface area contributed by atoms with Crippen LogP contribution in [0.3, 0.4) is 0 Å². The maximum absolute atomic E-state index is 13.3. The van der Waals surface area contributed by atoms with Crippen molar-refractivity contribution in [2.24, 2.45) is 12.0 Å². The van der Waals surface area contributed by atoms with E-state index in [1.807, 2.05) is 25.6 Å². The van der Waals surface area contributed by atoms with Crippen molar-refractivity contribution in [3.05, 3.63) is 51.0 Å². The van der Waals surface area contributed by atoms with Gasteiger partial charge in [0.1, 0.15) is 5.82 Å². The van der Waals surface area contributed by atoms with Gasteiger partial charge in [-0.3, -0.25) is 9.67 Å². The van der Waals surface area contributed by atoms with Gasteiger partial charge in [-0.05, 0) is 37.6 Å². The van der Waals surface area contributed by atoms with Gasteiger partial charge in [-0.25, -0.2) is 4.39 Å². The van der Waals surface area contributed by atoms with E-state index in [9.17, 15) is 4.39 Å². The van der Waals surface area contributed by atoms with Crippen molar-refractivity contribution >= 4 is 21.9 Å². The standard InChI is InChI=1S/C16H21BrFN5/c1-10-14(11(2)23(4)22-10)9-21-16(19-3)20-8-12-7-13(18)5-6-15(12)17/h5-7H,8-9H2,1-4H3,(H2,19,20,21). The summed E-state index contributed by atoms with van der Waals surface area (Å²) in [5, 5.41) is 10.8. The Balaban J connectivity index is 1.97. The molecule has 23 heavy (non-hydrogen) atoms. The maximum atomic E-state index is 13.3. The van der Waals surface area contributed by atoms with Crippen molar-refractivity contribution < 1.29 is 4.39 Å². The SMILES string of the molecule is CN=C(NCc1cc(F)ccc1Br)NCc1c(C)nn(C)c1C. The number of aliphatic imine (C=N–C) groups is 1. The molecule has 0 bridgehead atoms. The number of guanidine groups is 1. The highest BCUT2D eigenvalue weighted by molar-refractivity contribution is 9.10. The lowest BCUT2D eigenvalue weighted by molar-refractivity contribution is 0.624. The number of rotatable bonds is 4. The predicted octanol–water partition coefficient (Wildman–Crippen LogP) is 2.80. The van der Waals surface area contributed by atoms with Gasteiger partial charge in [-0.1, -0.05) is 15.9 Å². The molecule has 0 saturated carbocycles. The van der Waals surface area contributed by atoms with Crippen LogP contribution in [-0.4, -0.2) is 22.8 Å². The smallest absolute Gasteiger partial charge is 0.191 e. The van der Waals surface area contributed by atoms with Gasteiger partial charge in [0.2, 0.25) is 0 Å². The Hall–Kier alpha value is -1.89. The summed E-state index contributed by atoms with van der Waals surface area (Å²) in [6.07, 6.45) is 0. The molecule has 5 nitrogen and oxygen atoms in total. The lowest BCUT2D eigenvalue weighted by Crippen LogP contribution is -2.36. The normalized spacial score (nSPS) is 11.7. The third-order valence-corrected chi connectivity index (χ3v) is 4.54. The average Bonchev–Trinajstić information content (AvgIpc) is 2.76. The molecule has 124 valence electrons. The number of nitrogens with one attached hydrogen (secondary N) is 2. The first-order valence-electron chi connectivity index (χ1n) is 7.30. The van der Waals surface area contributed by atoms with Crippen LogP contribution >= 0.6 is 15.9 Å². The maximum Gasteiger partial charge on any atom is 0.191 e. The number of halogens is 2. The van der Waals surface area contributed by atoms with E-state index in [2.05, 4.69) is 36.7 Å². The van der Waals surface area contributed by atoms with E-state index in [0.717, 1.165) is 27.0 Å². The summed E-state index contributed by atoms with van der Waals surface area (Å²) in [4.78, 5) is 4.19. The second kappa shape index (κ2) is 7.59. The summed E-state index contributed by atoms with van der Waals surface area (Å²) in [7, 11) is 3.64. The molecule has 0 spiro atoms. The number of aryl methyl sites for hydroxylation is 2. The minimum Gasteiger partial charge on any atom is -0.352 e. The molecule has 1 aromatic heterocycles. The molecular formula is C16H21BrFN5. The van der Waals surface area contributed by atoms with Crippen molar-refractivity contribution in [2.45, 2.75) is 26.9 Å². The van der Waals surface area contributed by atoms with Gasteiger partial charge in [-0.2, -0.15) is 5.10 Å². The van der Waals surface area contributed by atoms with Crippen LogP contribution in [0.25, 0.3) is 0 Å². The topological polar surface area (TPSA) is 54.2 Å². The van der Waals surface area contributed by atoms with Crippen molar-refractivity contribution in [1.29, 1.82) is 0 Å². The molecule has 0 saturated heterocycles. The molecule has 0 aliphatic rings. The van der Waals surface area contributed by atoms with Gasteiger partial charge >= 0.3 is 0 Å². The second-order valence-electron chi connectivity index (χ2n) is 5.29. The molecule has 0 unspecified atom stereocenters. The Morgan fingerprint density at radius 2 is 2.00 bits per heavy atom. The molecule has 0 fully saturated rings. The molecule has 2 N–H and O–H groups in total. The number of aromatic nitrogens is 2. The number of hydrogen-bond acceptors (Lipinski definition) is 2. The summed E-state index contributed by atoms with van der Waals surface area (Å²) >= 11 is 3.42. The Morgan fingerprint density at radius 3 is 2.61 bits per heavy atom. The van der Waals surface area contributed by atoms with Gasteiger partial charge < -0.3 is 10.6 Å². The van der Waals surface area contributed by atoms with Crippen molar-refractivity contribution in [2.75, 3.05) is 7.05 Å². The molecular weight excluding hydrogens is 361 g/mol. The van der Waals surface area contributed by atoms with Crippen LogP contribution in [-0.2, 0) is 20.1 Å². The van der Waals surface area contributed by atoms with Gasteiger partial charge in [0, 0.05) is 42.9 Å². The summed E-state index contributed by atoms with van der Waals surface area (Å²) in [6.45, 7) is 5.14. The molecule has 1 heterocycles. The molecule has 2 rings (SSSR count). The van der Waals surface area contributed by atoms with E-state index < -0.39 is 0 Å². The van der Waals surface area contributed by atoms with Crippen LogP contribution in [0.5, 0.6) is 0 Å². The summed E-state index contributed by atoms with van der Waals surface area (Å²) in [6, 6.07) is 4.62. The second-order valence-corrected chi connectivity index (χ2v) is 6.14. The predicted molar refractivity (Wildman–Crippen MR) is 93.8 cm³/mol. The molecule has 7 heteroatoms. The van der Waals surface area contributed by atoms with Crippen molar-refractivity contribution in [1.82, 2.24) is 20.4 Å². The zero-order valence-electron chi connectivity index (χ0n) is 13.7. The Labute approximate surface area is 144 Å². The van der Waals surface area contributed by atoms with Crippen molar-refractivity contribution in [3.8, 4) is 0 Å². The molecule has 0 radical (unpaired) electrons. The van der Waals surface area contributed by atoms with Crippen LogP contribution in [0.2, 0.25) is 0 Å². The van der Waals surface area contributed by atoms with E-state index in [-0.39, 0.29) is 5.82 Å². The van der Waals surface area contributed by atoms with E-state index >= 15 is 0 Å². The molecule has 0 aliphatic carbocycles. The summed E-state index contributed by atoms with van der Waals surface area (Å²) in [5.74, 6) is 0.401. The monoisotopic (exact) mass is 381 g/mol. The van der Waals surface area contributed by atoms with Crippen LogP contribution in [0.4, 0.5) is 4.39 Å². The Kier molecular flexibility index (Phi) is 5.76. The fraction of sp³-hybridized carbons (Fsp3) is 0.375. The van der Waals surface area contributed by atoms with E-state index in [1.165, 1.54) is 12.1 Å². The quantitative estimate of drug-likeness (QED) is 0.632. The van der Waals surface area contributed by atoms with E-state index in [1.54, 1.807) is 13.1 Å². The first kappa shape index (κ1) is 17.5. The largest absolute Gasteiger partial charge is 0.352 e. The molecule has 0 atom stereocenters. The highest BCUT2D eigenvalue weighted by Gasteiger charge is 2.10. The van der Waals surface area contributed by atoms with Crippen LogP contribution in [0, 0.1) is 19.7 Å². The average molecular weight is 382 g/mol. The first-order valence-corrected chi connectivity index (χ1v) is 8.09. The van der Waals surface area contributed by atoms with Crippen molar-refractivity contribution in [3.63, 3.8) is 0 Å². The lowest BCUT2D eigenvalue weighted by atomic mass is 10.2. The highest BCUT2D eigenvalue weighted by Crippen LogP contribution is 2.17. The van der Waals surface area contributed by atoms with Crippen LogP contribution < -0.4 is 10.6 Å². The van der Waals surface area contributed by atoms with Gasteiger partial charge in [0.05, 0.1) is 5.69 Å². The van der Waals surface area contributed by atoms with Gasteiger partial charge in [0.25, 0.3) is 0 Å². The van der Waals surface area contributed by atoms with Crippen LogP contribution in [0.15, 0.2) is 27.7 Å². The highest BCUT2D eigenvalue weighted by atomic mass is 79.9. The fourth-order valence-electron chi connectivity index (χ4n) is 2.32. The van der Waals surface area contributed by atoms with E-state index in [4.69, 9.17) is 0 Å². The zero-order chi connectivity index (χ0) is 17.0. The summed E-state index contributed by atoms with van der Waals surface area (Å²) < 4.78 is 16.0. The third kappa shape index (κ3) is 4.31. The Morgan fingerprint density at radius 1 is 1.30 bits per heavy atom. The number of hydrogen-bond donors (Lipinski definition) is 2. The van der Waals surface area contributed by atoms with E-state index in [0.29, 0.717) is 19.0 Å². The molecule has 0 amide bonds. The lowest BCUT2D eigenvalue weighted by Gasteiger charge is -2.13. The molecule has 0 aliphatic heterocycles. The summed E-state index contributed by atoms with van der Waals surface area (Å²) in [5.41, 5.74) is 4.11. The number of nitrogens with zero attached hydrogens (tertiary/aromatic N) is 3. The van der Waals surface area contributed by atoms with Crippen LogP contribution in [0.1, 0.15) is 22.5 Å². The first-order chi connectivity index (χ1) is 10.9. The minimum absolute atomic E-state index is 0.255. The zero-order valence-corrected chi connectivity index (χ0v) is 15.3.